The first-order valence-electron chi connectivity index (χ1n) is 10.4. The van der Waals surface area contributed by atoms with E-state index < -0.39 is 22.0 Å². The third kappa shape index (κ3) is 4.03. The number of fused-ring (bicyclic) bond motifs is 1. The van der Waals surface area contributed by atoms with Crippen LogP contribution in [0.1, 0.15) is 45.7 Å². The monoisotopic (exact) mass is 448 g/mol. The summed E-state index contributed by atoms with van der Waals surface area (Å²) in [6.45, 7) is 4.04. The van der Waals surface area contributed by atoms with Gasteiger partial charge in [0.25, 0.3) is 21.8 Å². The van der Waals surface area contributed by atoms with Crippen molar-refractivity contribution in [2.75, 3.05) is 0 Å². The highest BCUT2D eigenvalue weighted by Gasteiger charge is 2.43. The average Bonchev–Trinajstić information content (AvgIpc) is 2.99. The Labute approximate surface area is 188 Å². The van der Waals surface area contributed by atoms with E-state index in [0.29, 0.717) is 13.1 Å². The number of nitrogens with zero attached hydrogens (tertiary/aromatic N) is 2. The van der Waals surface area contributed by atoms with Gasteiger partial charge in [0.05, 0.1) is 5.56 Å². The summed E-state index contributed by atoms with van der Waals surface area (Å²) in [4.78, 5) is 27.7. The Kier molecular flexibility index (Phi) is 5.84. The molecular formula is C25H24N2O4S. The molecule has 0 N–H and O–H groups in total. The molecule has 0 fully saturated rings. The van der Waals surface area contributed by atoms with Gasteiger partial charge >= 0.3 is 0 Å². The van der Waals surface area contributed by atoms with Crippen LogP contribution in [0.2, 0.25) is 0 Å². The number of carbonyl (C=O) groups excluding carboxylic acids is 2. The van der Waals surface area contributed by atoms with E-state index in [4.69, 9.17) is 0 Å². The molecule has 0 unspecified atom stereocenters. The van der Waals surface area contributed by atoms with Gasteiger partial charge in [-0.05, 0) is 43.2 Å². The second kappa shape index (κ2) is 8.59. The van der Waals surface area contributed by atoms with E-state index in [-0.39, 0.29) is 21.9 Å². The molecule has 3 aromatic carbocycles. The van der Waals surface area contributed by atoms with Crippen LogP contribution in [-0.2, 0) is 23.1 Å². The van der Waals surface area contributed by atoms with Crippen LogP contribution in [0.4, 0.5) is 0 Å². The zero-order chi connectivity index (χ0) is 22.9. The van der Waals surface area contributed by atoms with Crippen molar-refractivity contribution >= 4 is 21.8 Å². The zero-order valence-electron chi connectivity index (χ0n) is 17.9. The van der Waals surface area contributed by atoms with Gasteiger partial charge in [-0.2, -0.15) is 0 Å². The molecule has 0 aromatic heterocycles. The number of sulfonamides is 1. The number of hydrogen-bond donors (Lipinski definition) is 0. The van der Waals surface area contributed by atoms with Gasteiger partial charge in [-0.25, -0.2) is 12.7 Å². The highest BCUT2D eigenvalue weighted by atomic mass is 32.2. The molecule has 1 aliphatic heterocycles. The molecule has 32 heavy (non-hydrogen) atoms. The summed E-state index contributed by atoms with van der Waals surface area (Å²) in [5, 5.41) is 0. The molecule has 0 saturated carbocycles. The average molecular weight is 449 g/mol. The first-order chi connectivity index (χ1) is 15.3. The van der Waals surface area contributed by atoms with Gasteiger partial charge < -0.3 is 4.90 Å². The molecular weight excluding hydrogens is 424 g/mol. The van der Waals surface area contributed by atoms with E-state index >= 15 is 0 Å². The standard InChI is InChI=1S/C25H24N2O4S/c1-18(2)27-25(29)22-14-13-21(15-23(22)32(27,30)31)24(28)26(16-19-9-5-3-6-10-19)17-20-11-7-4-8-12-20/h3-15,18H,16-17H2,1-2H3. The Balaban J connectivity index is 1.70. The van der Waals surface area contributed by atoms with Crippen LogP contribution < -0.4 is 0 Å². The highest BCUT2D eigenvalue weighted by molar-refractivity contribution is 7.90. The fourth-order valence-electron chi connectivity index (χ4n) is 3.88. The Morgan fingerprint density at radius 2 is 1.41 bits per heavy atom. The number of hydrogen-bond acceptors (Lipinski definition) is 4. The number of rotatable bonds is 6. The Bertz CT molecular complexity index is 1210. The molecule has 7 heteroatoms. The lowest BCUT2D eigenvalue weighted by molar-refractivity contribution is 0.0728. The molecule has 1 heterocycles. The number of carbonyl (C=O) groups is 2. The Morgan fingerprint density at radius 3 is 1.91 bits per heavy atom. The fourth-order valence-corrected chi connectivity index (χ4v) is 5.67. The molecule has 0 saturated heterocycles. The van der Waals surface area contributed by atoms with Crippen molar-refractivity contribution in [3.05, 3.63) is 101 Å². The minimum atomic E-state index is -3.98. The van der Waals surface area contributed by atoms with Crippen LogP contribution in [0.3, 0.4) is 0 Å². The third-order valence-corrected chi connectivity index (χ3v) is 7.38. The molecule has 6 nitrogen and oxygen atoms in total. The van der Waals surface area contributed by atoms with Gasteiger partial charge in [-0.3, -0.25) is 9.59 Å². The quantitative estimate of drug-likeness (QED) is 0.569. The molecule has 3 aromatic rings. The predicted octanol–water partition coefficient (Wildman–Crippen LogP) is 4.08. The zero-order valence-corrected chi connectivity index (χ0v) is 18.7. The summed E-state index contributed by atoms with van der Waals surface area (Å²) < 4.78 is 26.8. The largest absolute Gasteiger partial charge is 0.330 e. The molecule has 4 rings (SSSR count). The van der Waals surface area contributed by atoms with Crippen molar-refractivity contribution in [2.45, 2.75) is 37.9 Å². The summed E-state index contributed by atoms with van der Waals surface area (Å²) in [7, 11) is -3.98. The highest BCUT2D eigenvalue weighted by Crippen LogP contribution is 2.33. The van der Waals surface area contributed by atoms with Crippen LogP contribution in [0, 0.1) is 0 Å². The minimum absolute atomic E-state index is 0.105. The molecule has 0 radical (unpaired) electrons. The predicted molar refractivity (Wildman–Crippen MR) is 121 cm³/mol. The van der Waals surface area contributed by atoms with E-state index in [1.54, 1.807) is 18.7 Å². The van der Waals surface area contributed by atoms with E-state index in [1.165, 1.54) is 18.2 Å². The van der Waals surface area contributed by atoms with Crippen LogP contribution in [0.15, 0.2) is 83.8 Å². The van der Waals surface area contributed by atoms with Crippen LogP contribution in [0.25, 0.3) is 0 Å². The van der Waals surface area contributed by atoms with Gasteiger partial charge in [0.2, 0.25) is 0 Å². The second-order valence-corrected chi connectivity index (χ2v) is 9.83. The SMILES string of the molecule is CC(C)N1C(=O)c2ccc(C(=O)N(Cc3ccccc3)Cc3ccccc3)cc2S1(=O)=O. The smallest absolute Gasteiger partial charge is 0.269 e. The minimum Gasteiger partial charge on any atom is -0.330 e. The molecule has 2 amide bonds. The third-order valence-electron chi connectivity index (χ3n) is 5.38. The molecule has 0 bridgehead atoms. The van der Waals surface area contributed by atoms with Gasteiger partial charge in [0.1, 0.15) is 4.90 Å². The van der Waals surface area contributed by atoms with Crippen LogP contribution >= 0.6 is 0 Å². The first-order valence-corrected chi connectivity index (χ1v) is 11.8. The van der Waals surface area contributed by atoms with Gasteiger partial charge in [0, 0.05) is 24.7 Å². The summed E-state index contributed by atoms with van der Waals surface area (Å²) in [6.07, 6.45) is 0. The lowest BCUT2D eigenvalue weighted by Gasteiger charge is -2.23. The Hall–Kier alpha value is -3.45. The molecule has 164 valence electrons. The topological polar surface area (TPSA) is 74.8 Å². The summed E-state index contributed by atoms with van der Waals surface area (Å²) >= 11 is 0. The molecule has 0 atom stereocenters. The van der Waals surface area contributed by atoms with E-state index in [2.05, 4.69) is 0 Å². The Morgan fingerprint density at radius 1 is 0.875 bits per heavy atom. The van der Waals surface area contributed by atoms with E-state index in [9.17, 15) is 18.0 Å². The molecule has 0 spiro atoms. The van der Waals surface area contributed by atoms with Crippen molar-refractivity contribution in [3.8, 4) is 0 Å². The van der Waals surface area contributed by atoms with E-state index in [1.807, 2.05) is 60.7 Å². The maximum Gasteiger partial charge on any atom is 0.269 e. The maximum atomic E-state index is 13.5. The fraction of sp³-hybridized carbons (Fsp3) is 0.200. The van der Waals surface area contributed by atoms with Crippen molar-refractivity contribution < 1.29 is 18.0 Å². The lowest BCUT2D eigenvalue weighted by Crippen LogP contribution is -2.36. The molecule has 0 aliphatic carbocycles. The number of benzene rings is 3. The lowest BCUT2D eigenvalue weighted by atomic mass is 10.1. The van der Waals surface area contributed by atoms with Crippen molar-refractivity contribution in [1.29, 1.82) is 0 Å². The van der Waals surface area contributed by atoms with Crippen molar-refractivity contribution in [2.24, 2.45) is 0 Å². The second-order valence-electron chi connectivity index (χ2n) is 8.04. The summed E-state index contributed by atoms with van der Waals surface area (Å²) in [6, 6.07) is 23.0. The van der Waals surface area contributed by atoms with Gasteiger partial charge in [-0.15, -0.1) is 0 Å². The van der Waals surface area contributed by atoms with Crippen LogP contribution in [-0.4, -0.2) is 35.5 Å². The van der Waals surface area contributed by atoms with Gasteiger partial charge in [0.15, 0.2) is 0 Å². The van der Waals surface area contributed by atoms with Crippen molar-refractivity contribution in [3.63, 3.8) is 0 Å². The first kappa shape index (κ1) is 21.8. The summed E-state index contributed by atoms with van der Waals surface area (Å²) in [5.74, 6) is -0.856. The van der Waals surface area contributed by atoms with E-state index in [0.717, 1.165) is 15.4 Å². The summed E-state index contributed by atoms with van der Waals surface area (Å²) in [5.41, 5.74) is 2.27. The van der Waals surface area contributed by atoms with Crippen LogP contribution in [0.5, 0.6) is 0 Å². The maximum absolute atomic E-state index is 13.5. The normalized spacial score (nSPS) is 14.5. The molecule has 1 aliphatic rings. The van der Waals surface area contributed by atoms with Crippen molar-refractivity contribution in [1.82, 2.24) is 9.21 Å². The number of amides is 2. The van der Waals surface area contributed by atoms with Gasteiger partial charge in [-0.1, -0.05) is 60.7 Å².